The van der Waals surface area contributed by atoms with Gasteiger partial charge < -0.3 is 28.8 Å². The number of unbranched alkanes of at least 4 members (excludes halogenated alkanes) is 19. The average Bonchev–Trinajstić information content (AvgIpc) is 3.17. The average molecular weight is 835 g/mol. The Balaban J connectivity index is 3.89. The summed E-state index contributed by atoms with van der Waals surface area (Å²) in [4.78, 5) is 25.1. The van der Waals surface area contributed by atoms with Crippen molar-refractivity contribution in [2.24, 2.45) is 0 Å². The minimum absolute atomic E-state index is 0.00987. The molecular formula is C49H91N2O6P. The van der Waals surface area contributed by atoms with Gasteiger partial charge in [-0.3, -0.25) is 9.36 Å². The normalized spacial score (nSPS) is 14.8. The van der Waals surface area contributed by atoms with Crippen LogP contribution in [0.15, 0.2) is 60.8 Å². The van der Waals surface area contributed by atoms with E-state index in [4.69, 9.17) is 9.05 Å². The highest BCUT2D eigenvalue weighted by atomic mass is 31.2. The third-order valence-corrected chi connectivity index (χ3v) is 11.2. The molecule has 9 heteroatoms. The molecule has 0 heterocycles. The number of hydrogen-bond acceptors (Lipinski definition) is 6. The first-order valence-electron chi connectivity index (χ1n) is 23.6. The number of aliphatic hydroxyl groups is 1. The van der Waals surface area contributed by atoms with Crippen LogP contribution >= 0.6 is 7.82 Å². The Kier molecular flexibility index (Phi) is 39.3. The van der Waals surface area contributed by atoms with Crippen molar-refractivity contribution in [3.05, 3.63) is 60.8 Å². The van der Waals surface area contributed by atoms with E-state index < -0.39 is 20.0 Å². The largest absolute Gasteiger partial charge is 0.756 e. The van der Waals surface area contributed by atoms with Gasteiger partial charge >= 0.3 is 0 Å². The SMILES string of the molecule is CC/C=C\C/C=C\C/C=C\C/C=C\C/C=C\CCCCCCCCCCCCCCCCCC(=O)NC(COP(=O)([O-])OCC[N+](C)(C)C)C(O)CCCCCCC. The second-order valence-electron chi connectivity index (χ2n) is 17.1. The highest BCUT2D eigenvalue weighted by molar-refractivity contribution is 7.45. The lowest BCUT2D eigenvalue weighted by Gasteiger charge is -2.30. The summed E-state index contributed by atoms with van der Waals surface area (Å²) in [6, 6.07) is -0.798. The first-order valence-corrected chi connectivity index (χ1v) is 25.1. The number of carbonyl (C=O) groups excluding carboxylic acids is 1. The van der Waals surface area contributed by atoms with Crippen LogP contribution in [0.5, 0.6) is 0 Å². The van der Waals surface area contributed by atoms with Crippen molar-refractivity contribution in [1.29, 1.82) is 0 Å². The van der Waals surface area contributed by atoms with Crippen LogP contribution < -0.4 is 10.2 Å². The summed E-state index contributed by atoms with van der Waals surface area (Å²) >= 11 is 0. The first kappa shape index (κ1) is 56.2. The van der Waals surface area contributed by atoms with E-state index in [0.29, 0.717) is 23.9 Å². The predicted molar refractivity (Wildman–Crippen MR) is 247 cm³/mol. The number of allylic oxidation sites excluding steroid dienone is 10. The molecule has 338 valence electrons. The fourth-order valence-electron chi connectivity index (χ4n) is 6.54. The van der Waals surface area contributed by atoms with E-state index in [9.17, 15) is 19.4 Å². The number of rotatable bonds is 42. The van der Waals surface area contributed by atoms with Gasteiger partial charge in [-0.25, -0.2) is 0 Å². The van der Waals surface area contributed by atoms with Crippen LogP contribution in [0.3, 0.4) is 0 Å². The zero-order chi connectivity index (χ0) is 42.8. The summed E-state index contributed by atoms with van der Waals surface area (Å²) in [6.07, 6.45) is 52.9. The van der Waals surface area contributed by atoms with Crippen LogP contribution in [0.2, 0.25) is 0 Å². The number of hydrogen-bond donors (Lipinski definition) is 2. The number of nitrogens with one attached hydrogen (secondary N) is 1. The molecule has 0 aromatic carbocycles. The van der Waals surface area contributed by atoms with Crippen LogP contribution in [0.1, 0.15) is 194 Å². The Bertz CT molecular complexity index is 1130. The van der Waals surface area contributed by atoms with Gasteiger partial charge in [0.2, 0.25) is 5.91 Å². The Morgan fingerprint density at radius 2 is 1.05 bits per heavy atom. The Morgan fingerprint density at radius 3 is 1.53 bits per heavy atom. The molecule has 0 aromatic heterocycles. The van der Waals surface area contributed by atoms with Crippen LogP contribution in [-0.4, -0.2) is 68.5 Å². The summed E-state index contributed by atoms with van der Waals surface area (Å²) in [7, 11) is 1.29. The zero-order valence-electron chi connectivity index (χ0n) is 38.2. The summed E-state index contributed by atoms with van der Waals surface area (Å²) in [5.41, 5.74) is 0. The topological polar surface area (TPSA) is 108 Å². The molecule has 0 radical (unpaired) electrons. The molecule has 2 N–H and O–H groups in total. The molecule has 0 aliphatic carbocycles. The molecule has 0 spiro atoms. The third kappa shape index (κ3) is 42.3. The van der Waals surface area contributed by atoms with Gasteiger partial charge in [0.25, 0.3) is 7.82 Å². The second-order valence-corrected chi connectivity index (χ2v) is 18.5. The van der Waals surface area contributed by atoms with E-state index in [1.54, 1.807) is 0 Å². The summed E-state index contributed by atoms with van der Waals surface area (Å²) in [5.74, 6) is -0.174. The van der Waals surface area contributed by atoms with Crippen molar-refractivity contribution < 1.29 is 32.9 Å². The molecule has 0 fully saturated rings. The molecule has 0 rings (SSSR count). The second kappa shape index (κ2) is 40.6. The first-order chi connectivity index (χ1) is 28.0. The van der Waals surface area contributed by atoms with E-state index in [0.717, 1.165) is 83.5 Å². The lowest BCUT2D eigenvalue weighted by molar-refractivity contribution is -0.870. The summed E-state index contributed by atoms with van der Waals surface area (Å²) < 4.78 is 23.1. The lowest BCUT2D eigenvalue weighted by atomic mass is 10.0. The van der Waals surface area contributed by atoms with Crippen LogP contribution in [0, 0.1) is 0 Å². The monoisotopic (exact) mass is 835 g/mol. The van der Waals surface area contributed by atoms with Crippen molar-refractivity contribution >= 4 is 13.7 Å². The number of aliphatic hydroxyl groups excluding tert-OH is 1. The maximum absolute atomic E-state index is 12.8. The van der Waals surface area contributed by atoms with Crippen LogP contribution in [0.25, 0.3) is 0 Å². The number of likely N-dealkylation sites (N-methyl/N-ethyl adjacent to an activating group) is 1. The van der Waals surface area contributed by atoms with E-state index in [-0.39, 0.29) is 19.1 Å². The maximum Gasteiger partial charge on any atom is 0.268 e. The molecule has 58 heavy (non-hydrogen) atoms. The van der Waals surface area contributed by atoms with E-state index in [2.05, 4.69) is 79.9 Å². The molecule has 0 aliphatic heterocycles. The third-order valence-electron chi connectivity index (χ3n) is 10.3. The van der Waals surface area contributed by atoms with Crippen LogP contribution in [0.4, 0.5) is 0 Å². The molecular weight excluding hydrogens is 744 g/mol. The van der Waals surface area contributed by atoms with Gasteiger partial charge in [-0.2, -0.15) is 0 Å². The molecule has 3 unspecified atom stereocenters. The molecule has 0 bridgehead atoms. The van der Waals surface area contributed by atoms with Crippen LogP contribution in [-0.2, 0) is 18.4 Å². The quantitative estimate of drug-likeness (QED) is 0.0274. The van der Waals surface area contributed by atoms with Gasteiger partial charge in [-0.15, -0.1) is 0 Å². The molecule has 0 aliphatic rings. The van der Waals surface area contributed by atoms with E-state index in [1.165, 1.54) is 83.5 Å². The van der Waals surface area contributed by atoms with Gasteiger partial charge in [0.15, 0.2) is 0 Å². The number of amides is 1. The smallest absolute Gasteiger partial charge is 0.268 e. The molecule has 0 aromatic rings. The number of carbonyl (C=O) groups is 1. The number of phosphoric ester groups is 1. The minimum atomic E-state index is -4.55. The fraction of sp³-hybridized carbons (Fsp3) is 0.776. The van der Waals surface area contributed by atoms with Crippen molar-refractivity contribution in [3.63, 3.8) is 0 Å². The molecule has 0 saturated heterocycles. The van der Waals surface area contributed by atoms with Gasteiger partial charge in [0.05, 0.1) is 39.9 Å². The van der Waals surface area contributed by atoms with E-state index in [1.807, 2.05) is 21.1 Å². The van der Waals surface area contributed by atoms with Crippen molar-refractivity contribution in [2.45, 2.75) is 206 Å². The van der Waals surface area contributed by atoms with E-state index >= 15 is 0 Å². The minimum Gasteiger partial charge on any atom is -0.756 e. The Hall–Kier alpha value is -1.80. The maximum atomic E-state index is 12.8. The molecule has 3 atom stereocenters. The van der Waals surface area contributed by atoms with Crippen molar-refractivity contribution in [2.75, 3.05) is 40.9 Å². The molecule has 1 amide bonds. The van der Waals surface area contributed by atoms with Crippen molar-refractivity contribution in [1.82, 2.24) is 5.32 Å². The fourth-order valence-corrected chi connectivity index (χ4v) is 7.26. The zero-order valence-corrected chi connectivity index (χ0v) is 39.1. The molecule has 8 nitrogen and oxygen atoms in total. The number of phosphoric acid groups is 1. The number of nitrogens with zero attached hydrogens (tertiary/aromatic N) is 1. The Morgan fingerprint density at radius 1 is 0.621 bits per heavy atom. The standard InChI is InChI=1S/C49H91N2O6P/c1-6-8-10-12-13-14-15-16-17-18-19-20-21-22-23-24-25-26-27-28-29-30-31-32-33-34-35-36-37-39-41-43-49(53)50-47(48(52)42-40-38-11-9-7-2)46-57-58(54,55)56-45-44-51(3,4)5/h8,10,13-14,16-17,19-20,22-23,47-48,52H,6-7,9,11-12,15,18,21,24-46H2,1-5H3,(H-,50,53,54,55)/b10-8-,14-13-,17-16-,20-19-,23-22-. The lowest BCUT2D eigenvalue weighted by Crippen LogP contribution is -2.46. The van der Waals surface area contributed by atoms with Gasteiger partial charge in [-0.05, 0) is 57.8 Å². The van der Waals surface area contributed by atoms with Crippen molar-refractivity contribution in [3.8, 4) is 0 Å². The molecule has 0 saturated carbocycles. The highest BCUT2D eigenvalue weighted by Crippen LogP contribution is 2.38. The highest BCUT2D eigenvalue weighted by Gasteiger charge is 2.24. The Labute approximate surface area is 358 Å². The van der Waals surface area contributed by atoms with Gasteiger partial charge in [0, 0.05) is 6.42 Å². The summed E-state index contributed by atoms with van der Waals surface area (Å²) in [6.45, 7) is 4.50. The van der Waals surface area contributed by atoms with Gasteiger partial charge in [-0.1, -0.05) is 190 Å². The number of quaternary nitrogens is 1. The summed E-state index contributed by atoms with van der Waals surface area (Å²) in [5, 5.41) is 13.7. The van der Waals surface area contributed by atoms with Gasteiger partial charge in [0.1, 0.15) is 13.2 Å². The predicted octanol–water partition coefficient (Wildman–Crippen LogP) is 12.8.